The molecule has 2 aromatic rings. The first kappa shape index (κ1) is 18.0. The summed E-state index contributed by atoms with van der Waals surface area (Å²) in [5, 5.41) is 4.12. The summed E-state index contributed by atoms with van der Waals surface area (Å²) in [4.78, 5) is 33.0. The van der Waals surface area contributed by atoms with Gasteiger partial charge in [-0.3, -0.25) is 14.5 Å². The smallest absolute Gasteiger partial charge is 0.237 e. The fraction of sp³-hybridized carbons (Fsp3) is 0.524. The summed E-state index contributed by atoms with van der Waals surface area (Å²) in [5.74, 6) is 0.0408. The third-order valence-corrected chi connectivity index (χ3v) is 5.97. The Labute approximate surface area is 159 Å². The predicted molar refractivity (Wildman–Crippen MR) is 105 cm³/mol. The Balaban J connectivity index is 1.53. The average molecular weight is 368 g/mol. The number of H-pyrrole nitrogens is 1. The van der Waals surface area contributed by atoms with Crippen molar-refractivity contribution in [1.29, 1.82) is 0 Å². The number of carbonyl (C=O) groups excluding carboxylic acids is 2. The van der Waals surface area contributed by atoms with E-state index >= 15 is 0 Å². The van der Waals surface area contributed by atoms with Gasteiger partial charge in [0, 0.05) is 60.8 Å². The number of nitrogens with one attached hydrogen (secondary N) is 2. The van der Waals surface area contributed by atoms with Crippen molar-refractivity contribution in [3.05, 3.63) is 35.0 Å². The Bertz CT molecular complexity index is 886. The monoisotopic (exact) mass is 368 g/mol. The van der Waals surface area contributed by atoms with E-state index in [2.05, 4.69) is 54.2 Å². The molecule has 1 fully saturated rings. The summed E-state index contributed by atoms with van der Waals surface area (Å²) >= 11 is 0. The molecular weight excluding hydrogens is 340 g/mol. The molecule has 0 spiro atoms. The predicted octanol–water partition coefficient (Wildman–Crippen LogP) is 1.96. The largest absolute Gasteiger partial charge is 0.358 e. The van der Waals surface area contributed by atoms with Gasteiger partial charge in [-0.25, -0.2) is 0 Å². The number of piperazine rings is 1. The molecule has 4 rings (SSSR count). The minimum atomic E-state index is -0.363. The third-order valence-electron chi connectivity index (χ3n) is 5.97. The van der Waals surface area contributed by atoms with Gasteiger partial charge in [0.05, 0.1) is 12.5 Å². The molecule has 2 N–H and O–H groups in total. The summed E-state index contributed by atoms with van der Waals surface area (Å²) in [6.45, 7) is 9.04. The molecule has 0 aliphatic carbocycles. The van der Waals surface area contributed by atoms with E-state index in [1.165, 1.54) is 27.7 Å². The molecule has 0 unspecified atom stereocenters. The van der Waals surface area contributed by atoms with Crippen LogP contribution in [0.5, 0.6) is 0 Å². The van der Waals surface area contributed by atoms with Gasteiger partial charge in [0.25, 0.3) is 0 Å². The summed E-state index contributed by atoms with van der Waals surface area (Å²) in [6.07, 6.45) is 1.08. The molecule has 3 heterocycles. The van der Waals surface area contributed by atoms with E-state index in [9.17, 15) is 9.59 Å². The van der Waals surface area contributed by atoms with Crippen molar-refractivity contribution in [2.45, 2.75) is 52.2 Å². The lowest BCUT2D eigenvalue weighted by Crippen LogP contribution is -2.58. The first-order valence-corrected chi connectivity index (χ1v) is 9.86. The van der Waals surface area contributed by atoms with Gasteiger partial charge in [0.1, 0.15) is 0 Å². The average Bonchev–Trinajstić information content (AvgIpc) is 3.02. The number of benzene rings is 1. The fourth-order valence-electron chi connectivity index (χ4n) is 4.45. The van der Waals surface area contributed by atoms with Crippen molar-refractivity contribution in [3.8, 4) is 0 Å². The molecule has 1 atom stereocenters. The van der Waals surface area contributed by atoms with Crippen molar-refractivity contribution >= 4 is 22.7 Å². The van der Waals surface area contributed by atoms with Crippen LogP contribution in [0.3, 0.4) is 0 Å². The number of amides is 2. The highest BCUT2D eigenvalue weighted by atomic mass is 16.2. The summed E-state index contributed by atoms with van der Waals surface area (Å²) in [7, 11) is 0. The van der Waals surface area contributed by atoms with E-state index in [1.54, 1.807) is 0 Å². The van der Waals surface area contributed by atoms with Crippen LogP contribution in [0.25, 0.3) is 10.9 Å². The van der Waals surface area contributed by atoms with Gasteiger partial charge in [0.2, 0.25) is 11.8 Å². The summed E-state index contributed by atoms with van der Waals surface area (Å²) in [6, 6.07) is 6.19. The maximum absolute atomic E-state index is 13.0. The molecule has 2 amide bonds. The molecule has 0 saturated carbocycles. The molecule has 1 aromatic carbocycles. The second-order valence-electron chi connectivity index (χ2n) is 7.99. The van der Waals surface area contributed by atoms with Gasteiger partial charge in [-0.1, -0.05) is 18.2 Å². The number of aromatic nitrogens is 1. The normalized spacial score (nSPS) is 20.8. The number of aryl methyl sites for hydroxylation is 1. The lowest BCUT2D eigenvalue weighted by molar-refractivity contribution is -0.140. The number of carbonyl (C=O) groups is 2. The highest BCUT2D eigenvalue weighted by molar-refractivity contribution is 5.90. The van der Waals surface area contributed by atoms with Gasteiger partial charge in [-0.05, 0) is 26.3 Å². The zero-order valence-electron chi connectivity index (χ0n) is 16.3. The number of nitrogens with zero attached hydrogens (tertiary/aromatic N) is 2. The molecule has 27 heavy (non-hydrogen) atoms. The van der Waals surface area contributed by atoms with Crippen LogP contribution in [0, 0.1) is 6.92 Å². The van der Waals surface area contributed by atoms with E-state index in [0.717, 1.165) is 13.0 Å². The van der Waals surface area contributed by atoms with Gasteiger partial charge < -0.3 is 15.2 Å². The minimum Gasteiger partial charge on any atom is -0.358 e. The van der Waals surface area contributed by atoms with Crippen LogP contribution >= 0.6 is 0 Å². The number of hydrogen-bond donors (Lipinski definition) is 2. The SMILES string of the molecule is Cc1cccc2c3c([nH]c12)CCN(C(=O)C[C@H]1C(=O)NCCN1C(C)C)C3. The van der Waals surface area contributed by atoms with E-state index in [-0.39, 0.29) is 30.3 Å². The summed E-state index contributed by atoms with van der Waals surface area (Å²) < 4.78 is 0. The number of aromatic amines is 1. The first-order valence-electron chi connectivity index (χ1n) is 9.86. The van der Waals surface area contributed by atoms with Crippen molar-refractivity contribution < 1.29 is 9.59 Å². The Morgan fingerprint density at radius 1 is 1.30 bits per heavy atom. The highest BCUT2D eigenvalue weighted by Crippen LogP contribution is 2.30. The van der Waals surface area contributed by atoms with E-state index in [4.69, 9.17) is 0 Å². The van der Waals surface area contributed by atoms with Crippen molar-refractivity contribution in [2.24, 2.45) is 0 Å². The minimum absolute atomic E-state index is 0.0243. The zero-order valence-corrected chi connectivity index (χ0v) is 16.3. The van der Waals surface area contributed by atoms with Crippen LogP contribution in [0.4, 0.5) is 0 Å². The summed E-state index contributed by atoms with van der Waals surface area (Å²) in [5.41, 5.74) is 4.87. The molecule has 1 aromatic heterocycles. The number of para-hydroxylation sites is 1. The zero-order chi connectivity index (χ0) is 19.1. The molecule has 0 radical (unpaired) electrons. The molecular formula is C21H28N4O2. The first-order chi connectivity index (χ1) is 13.0. The molecule has 2 aliphatic heterocycles. The fourth-order valence-corrected chi connectivity index (χ4v) is 4.45. The molecule has 1 saturated heterocycles. The molecule has 0 bridgehead atoms. The second-order valence-corrected chi connectivity index (χ2v) is 7.99. The maximum atomic E-state index is 13.0. The van der Waals surface area contributed by atoms with Crippen LogP contribution in [0.2, 0.25) is 0 Å². The maximum Gasteiger partial charge on any atom is 0.237 e. The van der Waals surface area contributed by atoms with Crippen LogP contribution in [-0.2, 0) is 22.6 Å². The molecule has 6 nitrogen and oxygen atoms in total. The van der Waals surface area contributed by atoms with Gasteiger partial charge in [-0.2, -0.15) is 0 Å². The Hall–Kier alpha value is -2.34. The molecule has 144 valence electrons. The Morgan fingerprint density at radius 3 is 2.89 bits per heavy atom. The highest BCUT2D eigenvalue weighted by Gasteiger charge is 2.35. The van der Waals surface area contributed by atoms with Gasteiger partial charge in [0.15, 0.2) is 0 Å². The number of hydrogen-bond acceptors (Lipinski definition) is 3. The topological polar surface area (TPSA) is 68.4 Å². The van der Waals surface area contributed by atoms with Crippen LogP contribution in [-0.4, -0.2) is 58.3 Å². The van der Waals surface area contributed by atoms with Crippen molar-refractivity contribution in [2.75, 3.05) is 19.6 Å². The van der Waals surface area contributed by atoms with Crippen LogP contribution < -0.4 is 5.32 Å². The lowest BCUT2D eigenvalue weighted by atomic mass is 10.0. The van der Waals surface area contributed by atoms with E-state index in [0.29, 0.717) is 19.6 Å². The Kier molecular flexibility index (Phi) is 4.68. The van der Waals surface area contributed by atoms with Gasteiger partial charge in [-0.15, -0.1) is 0 Å². The van der Waals surface area contributed by atoms with E-state index < -0.39 is 0 Å². The quantitative estimate of drug-likeness (QED) is 0.870. The third kappa shape index (κ3) is 3.23. The van der Waals surface area contributed by atoms with E-state index in [1.807, 2.05) is 4.90 Å². The van der Waals surface area contributed by atoms with Gasteiger partial charge >= 0.3 is 0 Å². The molecule has 6 heteroatoms. The number of fused-ring (bicyclic) bond motifs is 3. The molecule has 2 aliphatic rings. The second kappa shape index (κ2) is 7.00. The van der Waals surface area contributed by atoms with Crippen LogP contribution in [0.15, 0.2) is 18.2 Å². The standard InChI is InChI=1S/C21H28N4O2/c1-13(2)25-10-8-22-21(27)18(25)11-19(26)24-9-7-17-16(12-24)15-6-4-5-14(3)20(15)23-17/h4-6,13,18,23H,7-12H2,1-3H3,(H,22,27)/t18-/m0/s1. The van der Waals surface area contributed by atoms with Crippen molar-refractivity contribution in [3.63, 3.8) is 0 Å². The lowest BCUT2D eigenvalue weighted by Gasteiger charge is -2.38. The van der Waals surface area contributed by atoms with Crippen molar-refractivity contribution in [1.82, 2.24) is 20.1 Å². The number of rotatable bonds is 3. The Morgan fingerprint density at radius 2 is 2.11 bits per heavy atom. The van der Waals surface area contributed by atoms with Crippen LogP contribution in [0.1, 0.15) is 37.1 Å².